The molecule has 1 heterocycles. The number of thiophene rings is 1. The van der Waals surface area contributed by atoms with Crippen LogP contribution in [-0.4, -0.2) is 11.8 Å². The summed E-state index contributed by atoms with van der Waals surface area (Å²) < 4.78 is 0. The van der Waals surface area contributed by atoms with E-state index in [0.717, 1.165) is 19.3 Å². The lowest BCUT2D eigenvalue weighted by Crippen LogP contribution is -2.41. The fourth-order valence-corrected chi connectivity index (χ4v) is 4.11. The molecule has 0 bridgehead atoms. The molecule has 1 aromatic carbocycles. The van der Waals surface area contributed by atoms with Gasteiger partial charge in [-0.05, 0) is 61.1 Å². The highest BCUT2D eigenvalue weighted by molar-refractivity contribution is 7.14. The van der Waals surface area contributed by atoms with Crippen LogP contribution in [0.1, 0.15) is 55.8 Å². The second-order valence-electron chi connectivity index (χ2n) is 6.17. The van der Waals surface area contributed by atoms with Crippen molar-refractivity contribution in [2.24, 2.45) is 5.92 Å². The zero-order valence-corrected chi connectivity index (χ0v) is 14.8. The number of nitrogens with zero attached hydrogens (tertiary/aromatic N) is 1. The van der Waals surface area contributed by atoms with Gasteiger partial charge in [-0.2, -0.15) is 5.26 Å². The molecule has 3 rings (SSSR count). The number of aryl methyl sites for hydroxylation is 1. The van der Waals surface area contributed by atoms with Crippen molar-refractivity contribution in [3.8, 4) is 6.07 Å². The number of hydrogen-bond donors (Lipinski definition) is 2. The van der Waals surface area contributed by atoms with Crippen molar-refractivity contribution in [2.75, 3.05) is 0 Å². The molecule has 0 fully saturated rings. The molecule has 2 N–H and O–H groups in total. The van der Waals surface area contributed by atoms with E-state index in [1.807, 2.05) is 12.1 Å². The smallest absolute Gasteiger partial charge is 0.267 e. The SMILES string of the molecule is CC[C@H]1CCc2sc(C(=O)NNC(=O)c3ccc(C#N)cc3)cc2C1. The highest BCUT2D eigenvalue weighted by Crippen LogP contribution is 2.33. The Morgan fingerprint density at radius 2 is 1.96 bits per heavy atom. The minimum atomic E-state index is -0.412. The average Bonchev–Trinajstić information content (AvgIpc) is 3.09. The van der Waals surface area contributed by atoms with Gasteiger partial charge in [-0.25, -0.2) is 0 Å². The Kier molecular flexibility index (Phi) is 5.15. The second kappa shape index (κ2) is 7.49. The summed E-state index contributed by atoms with van der Waals surface area (Å²) >= 11 is 1.51. The van der Waals surface area contributed by atoms with Gasteiger partial charge < -0.3 is 0 Å². The quantitative estimate of drug-likeness (QED) is 0.831. The van der Waals surface area contributed by atoms with E-state index in [0.29, 0.717) is 21.9 Å². The largest absolute Gasteiger partial charge is 0.279 e. The van der Waals surface area contributed by atoms with E-state index in [4.69, 9.17) is 5.26 Å². The number of carbonyl (C=O) groups is 2. The number of benzene rings is 1. The van der Waals surface area contributed by atoms with Crippen molar-refractivity contribution >= 4 is 23.2 Å². The predicted octanol–water partition coefficient (Wildman–Crippen LogP) is 3.21. The van der Waals surface area contributed by atoms with Crippen molar-refractivity contribution in [2.45, 2.75) is 32.6 Å². The monoisotopic (exact) mass is 353 g/mol. The molecule has 1 atom stereocenters. The number of hydrazine groups is 1. The van der Waals surface area contributed by atoms with Crippen molar-refractivity contribution in [3.63, 3.8) is 0 Å². The fourth-order valence-electron chi connectivity index (χ4n) is 3.00. The van der Waals surface area contributed by atoms with E-state index in [1.54, 1.807) is 24.3 Å². The van der Waals surface area contributed by atoms with E-state index in [1.165, 1.54) is 28.2 Å². The first-order valence-electron chi connectivity index (χ1n) is 8.33. The molecule has 0 saturated heterocycles. The van der Waals surface area contributed by atoms with Gasteiger partial charge in [-0.1, -0.05) is 13.3 Å². The van der Waals surface area contributed by atoms with Gasteiger partial charge >= 0.3 is 0 Å². The van der Waals surface area contributed by atoms with Crippen LogP contribution in [0, 0.1) is 17.2 Å². The molecule has 2 aromatic rings. The van der Waals surface area contributed by atoms with E-state index < -0.39 is 5.91 Å². The Morgan fingerprint density at radius 3 is 2.64 bits per heavy atom. The Balaban J connectivity index is 1.60. The van der Waals surface area contributed by atoms with Crippen molar-refractivity contribution in [1.82, 2.24) is 10.9 Å². The third kappa shape index (κ3) is 3.89. The van der Waals surface area contributed by atoms with Gasteiger partial charge in [-0.15, -0.1) is 11.3 Å². The summed E-state index contributed by atoms with van der Waals surface area (Å²) in [5.74, 6) is -0.00579. The van der Waals surface area contributed by atoms with Gasteiger partial charge in [0.1, 0.15) is 0 Å². The van der Waals surface area contributed by atoms with Crippen LogP contribution in [0.15, 0.2) is 30.3 Å². The summed E-state index contributed by atoms with van der Waals surface area (Å²) in [6.07, 6.45) is 4.41. The normalized spacial score (nSPS) is 15.8. The lowest BCUT2D eigenvalue weighted by molar-refractivity contribution is 0.0849. The van der Waals surface area contributed by atoms with E-state index >= 15 is 0 Å². The van der Waals surface area contributed by atoms with Gasteiger partial charge in [0.25, 0.3) is 11.8 Å². The molecule has 128 valence electrons. The molecule has 25 heavy (non-hydrogen) atoms. The minimum Gasteiger partial charge on any atom is -0.267 e. The molecule has 1 aromatic heterocycles. The van der Waals surface area contributed by atoms with E-state index in [2.05, 4.69) is 17.8 Å². The third-order valence-corrected chi connectivity index (χ3v) is 5.79. The van der Waals surface area contributed by atoms with Crippen LogP contribution in [0.5, 0.6) is 0 Å². The van der Waals surface area contributed by atoms with Gasteiger partial charge in [0.05, 0.1) is 16.5 Å². The van der Waals surface area contributed by atoms with Crippen molar-refractivity contribution in [1.29, 1.82) is 5.26 Å². The first kappa shape index (κ1) is 17.2. The van der Waals surface area contributed by atoms with Crippen LogP contribution in [0.4, 0.5) is 0 Å². The maximum atomic E-state index is 12.3. The van der Waals surface area contributed by atoms with Crippen LogP contribution >= 0.6 is 11.3 Å². The molecule has 1 aliphatic carbocycles. The van der Waals surface area contributed by atoms with Crippen molar-refractivity contribution < 1.29 is 9.59 Å². The van der Waals surface area contributed by atoms with Gasteiger partial charge in [0.2, 0.25) is 0 Å². The molecular formula is C19H19N3O2S. The molecule has 0 spiro atoms. The molecule has 6 heteroatoms. The van der Waals surface area contributed by atoms with Crippen LogP contribution < -0.4 is 10.9 Å². The van der Waals surface area contributed by atoms with Crippen LogP contribution in [0.25, 0.3) is 0 Å². The molecule has 0 unspecified atom stereocenters. The minimum absolute atomic E-state index is 0.297. The van der Waals surface area contributed by atoms with Crippen molar-refractivity contribution in [3.05, 3.63) is 56.8 Å². The molecule has 0 radical (unpaired) electrons. The molecule has 2 amide bonds. The molecule has 0 aliphatic heterocycles. The standard InChI is InChI=1S/C19H19N3O2S/c1-2-12-5-8-16-15(9-12)10-17(25-16)19(24)22-21-18(23)14-6-3-13(11-20)4-7-14/h3-4,6-7,10,12H,2,5,8-9H2,1H3,(H,21,23)(H,22,24)/t12-/m0/s1. The number of fused-ring (bicyclic) bond motifs is 1. The maximum Gasteiger partial charge on any atom is 0.279 e. The Hall–Kier alpha value is -2.65. The van der Waals surface area contributed by atoms with Gasteiger partial charge in [0, 0.05) is 10.4 Å². The average molecular weight is 353 g/mol. The highest BCUT2D eigenvalue weighted by Gasteiger charge is 2.22. The summed E-state index contributed by atoms with van der Waals surface area (Å²) in [6, 6.07) is 10.2. The molecular weight excluding hydrogens is 334 g/mol. The number of amides is 2. The van der Waals surface area contributed by atoms with Crippen LogP contribution in [0.3, 0.4) is 0 Å². The number of carbonyl (C=O) groups excluding carboxylic acids is 2. The zero-order chi connectivity index (χ0) is 17.8. The summed E-state index contributed by atoms with van der Waals surface area (Å²) in [7, 11) is 0. The van der Waals surface area contributed by atoms with E-state index in [9.17, 15) is 9.59 Å². The Morgan fingerprint density at radius 1 is 1.24 bits per heavy atom. The van der Waals surface area contributed by atoms with Crippen LogP contribution in [0.2, 0.25) is 0 Å². The predicted molar refractivity (Wildman–Crippen MR) is 96.2 cm³/mol. The first-order valence-corrected chi connectivity index (χ1v) is 9.14. The molecule has 5 nitrogen and oxygen atoms in total. The highest BCUT2D eigenvalue weighted by atomic mass is 32.1. The topological polar surface area (TPSA) is 82.0 Å². The lowest BCUT2D eigenvalue weighted by Gasteiger charge is -2.19. The van der Waals surface area contributed by atoms with Gasteiger partial charge in [0.15, 0.2) is 0 Å². The zero-order valence-electron chi connectivity index (χ0n) is 14.0. The van der Waals surface area contributed by atoms with Crippen LogP contribution in [-0.2, 0) is 12.8 Å². The summed E-state index contributed by atoms with van der Waals surface area (Å²) in [5.41, 5.74) is 7.02. The maximum absolute atomic E-state index is 12.3. The van der Waals surface area contributed by atoms with E-state index in [-0.39, 0.29) is 5.91 Å². The second-order valence-corrected chi connectivity index (χ2v) is 7.31. The summed E-state index contributed by atoms with van der Waals surface area (Å²) in [4.78, 5) is 26.3. The molecule has 0 saturated carbocycles. The summed E-state index contributed by atoms with van der Waals surface area (Å²) in [6.45, 7) is 2.20. The molecule has 1 aliphatic rings. The Labute approximate surface area is 150 Å². The number of nitrogens with one attached hydrogen (secondary N) is 2. The fraction of sp³-hybridized carbons (Fsp3) is 0.316. The number of hydrogen-bond acceptors (Lipinski definition) is 4. The van der Waals surface area contributed by atoms with Gasteiger partial charge in [-0.3, -0.25) is 20.4 Å². The third-order valence-electron chi connectivity index (χ3n) is 4.55. The lowest BCUT2D eigenvalue weighted by atomic mass is 9.87. The first-order chi connectivity index (χ1) is 12.1. The number of nitriles is 1. The Bertz CT molecular complexity index is 833. The summed E-state index contributed by atoms with van der Waals surface area (Å²) in [5, 5.41) is 8.76. The number of rotatable bonds is 3.